The first kappa shape index (κ1) is 29.6. The molecule has 188 valence electrons. The zero-order chi connectivity index (χ0) is 25.6. The highest BCUT2D eigenvalue weighted by Gasteiger charge is 2.05. The molecule has 2 N–H and O–H groups in total. The first-order valence-electron chi connectivity index (χ1n) is 11.8. The average molecular weight is 483 g/mol. The molecular formula is C27H34N2O6. The fourth-order valence-electron chi connectivity index (χ4n) is 3.10. The lowest BCUT2D eigenvalue weighted by atomic mass is 10.0. The summed E-state index contributed by atoms with van der Waals surface area (Å²) in [6.07, 6.45) is 11.4. The highest BCUT2D eigenvalue weighted by atomic mass is 16.5. The van der Waals surface area contributed by atoms with E-state index in [0.29, 0.717) is 24.4 Å². The Hall–Kier alpha value is -3.41. The van der Waals surface area contributed by atoms with Crippen LogP contribution in [0.2, 0.25) is 0 Å². The highest BCUT2D eigenvalue weighted by molar-refractivity contribution is 5.69. The molecule has 0 bridgehead atoms. The molecule has 1 heterocycles. The Morgan fingerprint density at radius 3 is 1.63 bits per heavy atom. The van der Waals surface area contributed by atoms with Gasteiger partial charge in [0.2, 0.25) is 12.2 Å². The monoisotopic (exact) mass is 482 g/mol. The van der Waals surface area contributed by atoms with Crippen molar-refractivity contribution in [1.29, 1.82) is 0 Å². The Morgan fingerprint density at radius 1 is 0.714 bits per heavy atom. The minimum atomic E-state index is -0.0255. The molecule has 0 radical (unpaired) electrons. The van der Waals surface area contributed by atoms with Crippen LogP contribution in [0.1, 0.15) is 62.5 Å². The minimum absolute atomic E-state index is 0.0255. The summed E-state index contributed by atoms with van der Waals surface area (Å²) in [4.78, 5) is 37.7. The molecule has 0 unspecified atom stereocenters. The first-order valence-corrected chi connectivity index (χ1v) is 11.8. The zero-order valence-corrected chi connectivity index (χ0v) is 20.0. The van der Waals surface area contributed by atoms with Crippen LogP contribution >= 0.6 is 0 Å². The molecule has 1 aliphatic heterocycles. The van der Waals surface area contributed by atoms with Gasteiger partial charge < -0.3 is 14.9 Å². The molecule has 8 nitrogen and oxygen atoms in total. The van der Waals surface area contributed by atoms with Crippen molar-refractivity contribution < 1.29 is 29.3 Å². The number of rotatable bonds is 9. The van der Waals surface area contributed by atoms with Crippen LogP contribution in [-0.4, -0.2) is 48.2 Å². The number of carbonyl (C=O) groups excluding carboxylic acids is 3. The number of isocyanates is 2. The number of aliphatic imine (C=N–C) groups is 2. The van der Waals surface area contributed by atoms with Crippen LogP contribution in [0.15, 0.2) is 58.5 Å². The SMILES string of the molecule is O=C1CCCCCO1.O=C=Nc1ccc(Cc2ccc(N=C=O)cc2)cc1.OCCCCCCO. The van der Waals surface area contributed by atoms with Crippen molar-refractivity contribution in [3.8, 4) is 0 Å². The lowest BCUT2D eigenvalue weighted by Gasteiger charge is -2.02. The van der Waals surface area contributed by atoms with Gasteiger partial charge in [0, 0.05) is 19.6 Å². The van der Waals surface area contributed by atoms with Gasteiger partial charge in [-0.05, 0) is 73.9 Å². The third-order valence-electron chi connectivity index (χ3n) is 4.98. The lowest BCUT2D eigenvalue weighted by Crippen LogP contribution is -2.00. The van der Waals surface area contributed by atoms with Gasteiger partial charge in [-0.25, -0.2) is 9.59 Å². The molecule has 0 aliphatic carbocycles. The van der Waals surface area contributed by atoms with E-state index in [9.17, 15) is 14.4 Å². The third-order valence-corrected chi connectivity index (χ3v) is 4.98. The summed E-state index contributed by atoms with van der Waals surface area (Å²) < 4.78 is 4.76. The molecule has 0 saturated carbocycles. The number of aliphatic hydroxyl groups excluding tert-OH is 2. The van der Waals surface area contributed by atoms with Crippen LogP contribution in [-0.2, 0) is 25.5 Å². The number of benzene rings is 2. The van der Waals surface area contributed by atoms with Gasteiger partial charge in [-0.2, -0.15) is 9.98 Å². The Balaban J connectivity index is 0.000000316. The van der Waals surface area contributed by atoms with Crippen LogP contribution in [0, 0.1) is 0 Å². The van der Waals surface area contributed by atoms with Crippen LogP contribution in [0.3, 0.4) is 0 Å². The van der Waals surface area contributed by atoms with Crippen molar-refractivity contribution in [1.82, 2.24) is 0 Å². The summed E-state index contributed by atoms with van der Waals surface area (Å²) in [6, 6.07) is 14.7. The van der Waals surface area contributed by atoms with Gasteiger partial charge in [0.15, 0.2) is 0 Å². The van der Waals surface area contributed by atoms with Gasteiger partial charge in [0.1, 0.15) is 0 Å². The largest absolute Gasteiger partial charge is 0.466 e. The van der Waals surface area contributed by atoms with E-state index in [-0.39, 0.29) is 19.2 Å². The Kier molecular flexibility index (Phi) is 16.9. The summed E-state index contributed by atoms with van der Waals surface area (Å²) in [6.45, 7) is 1.20. The second-order valence-electron chi connectivity index (χ2n) is 7.81. The standard InChI is InChI=1S/C15H10N2O2.C6H10O2.C6H14O2/c18-10-16-14-5-1-12(2-6-14)9-13-3-7-15(8-4-13)17-11-19;7-6-4-2-1-3-5-8-6;7-5-3-1-2-4-6-8/h1-8H,9H2;1-5H2;7-8H,1-6H2. The summed E-state index contributed by atoms with van der Waals surface area (Å²) in [5, 5.41) is 16.6. The normalized spacial score (nSPS) is 12.2. The van der Waals surface area contributed by atoms with Crippen LogP contribution < -0.4 is 0 Å². The predicted octanol–water partition coefficient (Wildman–Crippen LogP) is 4.85. The van der Waals surface area contributed by atoms with E-state index in [1.807, 2.05) is 24.3 Å². The van der Waals surface area contributed by atoms with Gasteiger partial charge in [-0.1, -0.05) is 37.1 Å². The van der Waals surface area contributed by atoms with E-state index in [2.05, 4.69) is 9.98 Å². The molecule has 0 aromatic heterocycles. The minimum Gasteiger partial charge on any atom is -0.466 e. The second-order valence-corrected chi connectivity index (χ2v) is 7.81. The number of ether oxygens (including phenoxy) is 1. The summed E-state index contributed by atoms with van der Waals surface area (Å²) in [5.41, 5.74) is 3.40. The van der Waals surface area contributed by atoms with Gasteiger partial charge in [-0.15, -0.1) is 0 Å². The molecule has 3 rings (SSSR count). The maximum atomic E-state index is 10.5. The van der Waals surface area contributed by atoms with Crippen LogP contribution in [0.4, 0.5) is 11.4 Å². The molecule has 2 aromatic rings. The third kappa shape index (κ3) is 15.2. The molecule has 0 amide bonds. The molecule has 1 saturated heterocycles. The molecule has 8 heteroatoms. The molecule has 1 fully saturated rings. The van der Waals surface area contributed by atoms with Gasteiger partial charge in [-0.3, -0.25) is 4.79 Å². The number of cyclic esters (lactones) is 1. The van der Waals surface area contributed by atoms with Gasteiger partial charge in [0.05, 0.1) is 18.0 Å². The molecule has 35 heavy (non-hydrogen) atoms. The second kappa shape index (κ2) is 20.0. The molecular weight excluding hydrogens is 448 g/mol. The number of hydrogen-bond acceptors (Lipinski definition) is 8. The smallest absolute Gasteiger partial charge is 0.305 e. The Bertz CT molecular complexity index is 856. The van der Waals surface area contributed by atoms with Crippen molar-refractivity contribution >= 4 is 29.5 Å². The molecule has 0 atom stereocenters. The molecule has 2 aromatic carbocycles. The fourth-order valence-corrected chi connectivity index (χ4v) is 3.10. The summed E-state index contributed by atoms with van der Waals surface area (Å²) in [7, 11) is 0. The molecule has 0 spiro atoms. The summed E-state index contributed by atoms with van der Waals surface area (Å²) in [5.74, 6) is -0.0255. The molecule has 1 aliphatic rings. The van der Waals surface area contributed by atoms with E-state index in [4.69, 9.17) is 14.9 Å². The lowest BCUT2D eigenvalue weighted by molar-refractivity contribution is -0.142. The van der Waals surface area contributed by atoms with E-state index in [1.54, 1.807) is 24.3 Å². The van der Waals surface area contributed by atoms with Crippen LogP contribution in [0.25, 0.3) is 0 Å². The maximum absolute atomic E-state index is 10.5. The van der Waals surface area contributed by atoms with Crippen molar-refractivity contribution in [3.63, 3.8) is 0 Å². The topological polar surface area (TPSA) is 126 Å². The van der Waals surface area contributed by atoms with Gasteiger partial charge >= 0.3 is 5.97 Å². The first-order chi connectivity index (χ1) is 17.1. The predicted molar refractivity (Wildman–Crippen MR) is 133 cm³/mol. The number of carbonyl (C=O) groups is 1. The van der Waals surface area contributed by atoms with Crippen molar-refractivity contribution in [2.75, 3.05) is 19.8 Å². The fraction of sp³-hybridized carbons (Fsp3) is 0.444. The zero-order valence-electron chi connectivity index (χ0n) is 20.0. The van der Waals surface area contributed by atoms with E-state index >= 15 is 0 Å². The highest BCUT2D eigenvalue weighted by Crippen LogP contribution is 2.17. The number of unbranched alkanes of at least 4 members (excludes halogenated alkanes) is 3. The quantitative estimate of drug-likeness (QED) is 0.228. The average Bonchev–Trinajstić information content (AvgIpc) is 3.13. The number of esters is 1. The summed E-state index contributed by atoms with van der Waals surface area (Å²) >= 11 is 0. The van der Waals surface area contributed by atoms with E-state index in [1.165, 1.54) is 12.2 Å². The van der Waals surface area contributed by atoms with Crippen molar-refractivity contribution in [2.24, 2.45) is 9.98 Å². The Morgan fingerprint density at radius 2 is 1.20 bits per heavy atom. The number of nitrogens with zero attached hydrogens (tertiary/aromatic N) is 2. The van der Waals surface area contributed by atoms with E-state index in [0.717, 1.165) is 62.5 Å². The maximum Gasteiger partial charge on any atom is 0.305 e. The van der Waals surface area contributed by atoms with Crippen LogP contribution in [0.5, 0.6) is 0 Å². The van der Waals surface area contributed by atoms with Crippen molar-refractivity contribution in [2.45, 2.75) is 57.8 Å². The van der Waals surface area contributed by atoms with E-state index < -0.39 is 0 Å². The number of aliphatic hydroxyl groups is 2. The van der Waals surface area contributed by atoms with Gasteiger partial charge in [0.25, 0.3) is 0 Å². The van der Waals surface area contributed by atoms with Crippen molar-refractivity contribution in [3.05, 3.63) is 59.7 Å². The Labute approximate surface area is 206 Å². The number of hydrogen-bond donors (Lipinski definition) is 2.